The van der Waals surface area contributed by atoms with Gasteiger partial charge in [0, 0.05) is 12.1 Å². The third-order valence-electron chi connectivity index (χ3n) is 4.23. The quantitative estimate of drug-likeness (QED) is 0.731. The van der Waals surface area contributed by atoms with Crippen molar-refractivity contribution in [2.24, 2.45) is 5.92 Å². The molecule has 2 unspecified atom stereocenters. The molecular weight excluding hydrogens is 172 g/mol. The van der Waals surface area contributed by atoms with Crippen LogP contribution >= 0.6 is 0 Å². The van der Waals surface area contributed by atoms with Crippen LogP contribution in [0.25, 0.3) is 0 Å². The molecule has 0 amide bonds. The normalized spacial score (nSPS) is 38.6. The average Bonchev–Trinajstić information content (AvgIpc) is 2.81. The van der Waals surface area contributed by atoms with Gasteiger partial charge in [0.05, 0.1) is 0 Å². The maximum absolute atomic E-state index is 3.69. The Labute approximate surface area is 87.0 Å². The summed E-state index contributed by atoms with van der Waals surface area (Å²) >= 11 is 0. The summed E-state index contributed by atoms with van der Waals surface area (Å²) in [5, 5.41) is 3.69. The van der Waals surface area contributed by atoms with E-state index in [4.69, 9.17) is 0 Å². The highest BCUT2D eigenvalue weighted by atomic mass is 15.2. The van der Waals surface area contributed by atoms with Gasteiger partial charge in [-0.3, -0.25) is 0 Å². The van der Waals surface area contributed by atoms with Crippen LogP contribution in [0.2, 0.25) is 0 Å². The van der Waals surface area contributed by atoms with E-state index in [1.165, 1.54) is 58.2 Å². The first-order valence-corrected chi connectivity index (χ1v) is 6.41. The molecule has 2 atom stereocenters. The van der Waals surface area contributed by atoms with Crippen LogP contribution in [0.5, 0.6) is 0 Å². The molecule has 0 spiro atoms. The van der Waals surface area contributed by atoms with Gasteiger partial charge in [0.2, 0.25) is 0 Å². The minimum atomic E-state index is 0.898. The zero-order valence-corrected chi connectivity index (χ0v) is 9.04. The summed E-state index contributed by atoms with van der Waals surface area (Å²) in [6.45, 7) is 4.06. The lowest BCUT2D eigenvalue weighted by Gasteiger charge is -2.43. The van der Waals surface area contributed by atoms with Gasteiger partial charge in [0.15, 0.2) is 0 Å². The number of nitrogens with one attached hydrogen (secondary N) is 1. The predicted molar refractivity (Wildman–Crippen MR) is 58.3 cm³/mol. The first-order chi connectivity index (χ1) is 6.93. The molecular formula is C12H22N2. The second-order valence-corrected chi connectivity index (χ2v) is 5.33. The van der Waals surface area contributed by atoms with E-state index in [1.54, 1.807) is 0 Å². The first kappa shape index (κ1) is 9.17. The molecule has 0 aromatic carbocycles. The van der Waals surface area contributed by atoms with Gasteiger partial charge in [0.25, 0.3) is 0 Å². The van der Waals surface area contributed by atoms with Crippen molar-refractivity contribution < 1.29 is 0 Å². The summed E-state index contributed by atoms with van der Waals surface area (Å²) in [5.41, 5.74) is 0. The molecule has 2 heteroatoms. The Kier molecular flexibility index (Phi) is 2.50. The molecule has 80 valence electrons. The van der Waals surface area contributed by atoms with Crippen LogP contribution in [0, 0.1) is 5.92 Å². The molecule has 3 aliphatic rings. The summed E-state index contributed by atoms with van der Waals surface area (Å²) in [6, 6.07) is 1.85. The van der Waals surface area contributed by atoms with Gasteiger partial charge in [0.1, 0.15) is 0 Å². The molecule has 2 nitrogen and oxygen atoms in total. The second-order valence-electron chi connectivity index (χ2n) is 5.33. The van der Waals surface area contributed by atoms with Crippen LogP contribution < -0.4 is 5.32 Å². The summed E-state index contributed by atoms with van der Waals surface area (Å²) in [5.74, 6) is 0.980. The molecule has 1 saturated heterocycles. The van der Waals surface area contributed by atoms with E-state index in [2.05, 4.69) is 10.2 Å². The van der Waals surface area contributed by atoms with Crippen molar-refractivity contribution in [3.8, 4) is 0 Å². The van der Waals surface area contributed by atoms with Crippen molar-refractivity contribution in [2.45, 2.75) is 50.6 Å². The van der Waals surface area contributed by atoms with Gasteiger partial charge in [-0.05, 0) is 64.1 Å². The maximum atomic E-state index is 3.69. The first-order valence-electron chi connectivity index (χ1n) is 6.41. The van der Waals surface area contributed by atoms with E-state index >= 15 is 0 Å². The van der Waals surface area contributed by atoms with Crippen molar-refractivity contribution in [2.75, 3.05) is 19.6 Å². The van der Waals surface area contributed by atoms with Gasteiger partial charge < -0.3 is 10.2 Å². The van der Waals surface area contributed by atoms with Crippen LogP contribution in [0.4, 0.5) is 0 Å². The molecule has 1 N–H and O–H groups in total. The van der Waals surface area contributed by atoms with Crippen molar-refractivity contribution >= 4 is 0 Å². The standard InChI is InChI=1S/C12H22N2/c1-2-8-14(7-1)12-6-3-10(12)9-13-11-4-5-11/h10-13H,1-9H2. The summed E-state index contributed by atoms with van der Waals surface area (Å²) in [7, 11) is 0. The highest BCUT2D eigenvalue weighted by Gasteiger charge is 2.36. The van der Waals surface area contributed by atoms with E-state index in [-0.39, 0.29) is 0 Å². The lowest BCUT2D eigenvalue weighted by Crippen LogP contribution is -2.49. The molecule has 3 fully saturated rings. The van der Waals surface area contributed by atoms with Crippen molar-refractivity contribution in [1.82, 2.24) is 10.2 Å². The Morgan fingerprint density at radius 1 is 1.00 bits per heavy atom. The van der Waals surface area contributed by atoms with Gasteiger partial charge in [-0.2, -0.15) is 0 Å². The fourth-order valence-corrected chi connectivity index (χ4v) is 2.95. The van der Waals surface area contributed by atoms with E-state index in [0.717, 1.165) is 18.0 Å². The Morgan fingerprint density at radius 3 is 2.36 bits per heavy atom. The summed E-state index contributed by atoms with van der Waals surface area (Å²) in [4.78, 5) is 2.74. The molecule has 2 saturated carbocycles. The Bertz CT molecular complexity index is 194. The Hall–Kier alpha value is -0.0800. The largest absolute Gasteiger partial charge is 0.314 e. The monoisotopic (exact) mass is 194 g/mol. The molecule has 1 aliphatic heterocycles. The lowest BCUT2D eigenvalue weighted by molar-refractivity contribution is 0.0821. The number of likely N-dealkylation sites (tertiary alicyclic amines) is 1. The third kappa shape index (κ3) is 1.82. The van der Waals surface area contributed by atoms with Crippen LogP contribution in [-0.2, 0) is 0 Å². The van der Waals surface area contributed by atoms with Gasteiger partial charge in [-0.25, -0.2) is 0 Å². The van der Waals surface area contributed by atoms with Gasteiger partial charge in [-0.15, -0.1) is 0 Å². The molecule has 0 aromatic heterocycles. The molecule has 0 aromatic rings. The van der Waals surface area contributed by atoms with Gasteiger partial charge in [-0.1, -0.05) is 0 Å². The number of hydrogen-bond donors (Lipinski definition) is 1. The van der Waals surface area contributed by atoms with Crippen molar-refractivity contribution in [3.05, 3.63) is 0 Å². The van der Waals surface area contributed by atoms with Crippen LogP contribution in [-0.4, -0.2) is 36.6 Å². The van der Waals surface area contributed by atoms with Crippen LogP contribution in [0.15, 0.2) is 0 Å². The lowest BCUT2D eigenvalue weighted by atomic mass is 9.78. The number of rotatable bonds is 4. The summed E-state index contributed by atoms with van der Waals surface area (Å²) < 4.78 is 0. The zero-order chi connectivity index (χ0) is 9.38. The number of nitrogens with zero attached hydrogens (tertiary/aromatic N) is 1. The second kappa shape index (κ2) is 3.82. The van der Waals surface area contributed by atoms with E-state index in [9.17, 15) is 0 Å². The minimum absolute atomic E-state index is 0.898. The summed E-state index contributed by atoms with van der Waals surface area (Å²) in [6.07, 6.45) is 8.69. The Morgan fingerprint density at radius 2 is 1.79 bits per heavy atom. The highest BCUT2D eigenvalue weighted by Crippen LogP contribution is 2.34. The SMILES string of the molecule is C1CCN(C2CCC2CNC2CC2)C1. The molecule has 14 heavy (non-hydrogen) atoms. The average molecular weight is 194 g/mol. The molecule has 1 heterocycles. The fourth-order valence-electron chi connectivity index (χ4n) is 2.95. The smallest absolute Gasteiger partial charge is 0.0136 e. The zero-order valence-electron chi connectivity index (χ0n) is 9.04. The third-order valence-corrected chi connectivity index (χ3v) is 4.23. The number of hydrogen-bond acceptors (Lipinski definition) is 2. The minimum Gasteiger partial charge on any atom is -0.314 e. The predicted octanol–water partition coefficient (Wildman–Crippen LogP) is 1.61. The molecule has 0 radical (unpaired) electrons. The van der Waals surface area contributed by atoms with Crippen LogP contribution in [0.3, 0.4) is 0 Å². The van der Waals surface area contributed by atoms with E-state index < -0.39 is 0 Å². The van der Waals surface area contributed by atoms with Crippen LogP contribution in [0.1, 0.15) is 38.5 Å². The Balaban J connectivity index is 1.44. The molecule has 3 rings (SSSR count). The molecule has 0 bridgehead atoms. The van der Waals surface area contributed by atoms with E-state index in [0.29, 0.717) is 0 Å². The van der Waals surface area contributed by atoms with Crippen molar-refractivity contribution in [3.63, 3.8) is 0 Å². The molecule has 2 aliphatic carbocycles. The van der Waals surface area contributed by atoms with Crippen molar-refractivity contribution in [1.29, 1.82) is 0 Å². The van der Waals surface area contributed by atoms with E-state index in [1.807, 2.05) is 0 Å². The topological polar surface area (TPSA) is 15.3 Å². The van der Waals surface area contributed by atoms with Gasteiger partial charge >= 0.3 is 0 Å². The fraction of sp³-hybridized carbons (Fsp3) is 1.00. The highest BCUT2D eigenvalue weighted by molar-refractivity contribution is 4.93. The maximum Gasteiger partial charge on any atom is 0.0136 e.